The summed E-state index contributed by atoms with van der Waals surface area (Å²) in [4.78, 5) is 14.9. The predicted molar refractivity (Wildman–Crippen MR) is 123 cm³/mol. The third kappa shape index (κ3) is 4.68. The van der Waals surface area contributed by atoms with E-state index in [9.17, 15) is 15.0 Å². The van der Waals surface area contributed by atoms with E-state index < -0.39 is 0 Å². The third-order valence-corrected chi connectivity index (χ3v) is 5.56. The average molecular weight is 449 g/mol. The SMILES string of the molecule is COc1cc(/C=N\N=C2\S/C(=C\c3ccccc3O)C(=O)N2Cc2ccco2)ccc1O. The lowest BCUT2D eigenvalue weighted by Crippen LogP contribution is -2.28. The number of nitrogens with zero attached hydrogens (tertiary/aromatic N) is 3. The number of para-hydroxylation sites is 1. The van der Waals surface area contributed by atoms with Gasteiger partial charge in [0.25, 0.3) is 5.91 Å². The first-order valence-electron chi connectivity index (χ1n) is 9.55. The van der Waals surface area contributed by atoms with Gasteiger partial charge in [0, 0.05) is 5.56 Å². The minimum Gasteiger partial charge on any atom is -0.507 e. The highest BCUT2D eigenvalue weighted by Gasteiger charge is 2.34. The number of carbonyl (C=O) groups is 1. The van der Waals surface area contributed by atoms with Crippen molar-refractivity contribution in [1.82, 2.24) is 4.90 Å². The lowest BCUT2D eigenvalue weighted by molar-refractivity contribution is -0.122. The molecule has 2 heterocycles. The fourth-order valence-electron chi connectivity index (χ4n) is 2.95. The van der Waals surface area contributed by atoms with Gasteiger partial charge in [0.1, 0.15) is 11.5 Å². The van der Waals surface area contributed by atoms with E-state index in [1.165, 1.54) is 30.6 Å². The van der Waals surface area contributed by atoms with E-state index in [4.69, 9.17) is 9.15 Å². The number of hydrogen-bond donors (Lipinski definition) is 2. The number of phenols is 2. The van der Waals surface area contributed by atoms with Gasteiger partial charge in [-0.15, -0.1) is 5.10 Å². The second-order valence-electron chi connectivity index (χ2n) is 6.70. The van der Waals surface area contributed by atoms with Gasteiger partial charge < -0.3 is 19.4 Å². The van der Waals surface area contributed by atoms with Crippen molar-refractivity contribution in [2.75, 3.05) is 7.11 Å². The summed E-state index contributed by atoms with van der Waals surface area (Å²) >= 11 is 1.15. The van der Waals surface area contributed by atoms with Gasteiger partial charge >= 0.3 is 0 Å². The minimum atomic E-state index is -0.269. The van der Waals surface area contributed by atoms with Crippen LogP contribution in [-0.4, -0.2) is 39.5 Å². The molecule has 1 saturated heterocycles. The Balaban J connectivity index is 1.63. The van der Waals surface area contributed by atoms with E-state index in [2.05, 4.69) is 10.2 Å². The molecule has 0 bridgehead atoms. The lowest BCUT2D eigenvalue weighted by atomic mass is 10.2. The van der Waals surface area contributed by atoms with E-state index in [1.807, 2.05) is 0 Å². The number of rotatable bonds is 6. The van der Waals surface area contributed by atoms with Crippen LogP contribution in [0.3, 0.4) is 0 Å². The number of phenolic OH excluding ortho intramolecular Hbond substituents is 2. The molecule has 4 rings (SSSR count). The highest BCUT2D eigenvalue weighted by molar-refractivity contribution is 8.18. The fourth-order valence-corrected chi connectivity index (χ4v) is 3.88. The Morgan fingerprint density at radius 3 is 2.72 bits per heavy atom. The van der Waals surface area contributed by atoms with Gasteiger partial charge in [-0.1, -0.05) is 18.2 Å². The van der Waals surface area contributed by atoms with Crippen LogP contribution in [0.1, 0.15) is 16.9 Å². The maximum absolute atomic E-state index is 13.0. The molecule has 9 heteroatoms. The summed E-state index contributed by atoms with van der Waals surface area (Å²) in [5.74, 6) is 0.754. The quantitative estimate of drug-likeness (QED) is 0.332. The summed E-state index contributed by atoms with van der Waals surface area (Å²) in [6.45, 7) is 0.193. The Hall–Kier alpha value is -3.98. The average Bonchev–Trinajstić information content (AvgIpc) is 3.41. The number of amidine groups is 1. The van der Waals surface area contributed by atoms with E-state index >= 15 is 0 Å². The van der Waals surface area contributed by atoms with Gasteiger partial charge in [0.2, 0.25) is 0 Å². The number of carbonyl (C=O) groups excluding carboxylic acids is 1. The Morgan fingerprint density at radius 1 is 1.12 bits per heavy atom. The molecule has 1 fully saturated rings. The van der Waals surface area contributed by atoms with E-state index in [-0.39, 0.29) is 24.0 Å². The lowest BCUT2D eigenvalue weighted by Gasteiger charge is -2.12. The Bertz CT molecular complexity index is 1220. The second-order valence-corrected chi connectivity index (χ2v) is 7.71. The Morgan fingerprint density at radius 2 is 1.97 bits per heavy atom. The Labute approximate surface area is 188 Å². The topological polar surface area (TPSA) is 108 Å². The van der Waals surface area contributed by atoms with Crippen molar-refractivity contribution in [3.8, 4) is 17.2 Å². The zero-order valence-electron chi connectivity index (χ0n) is 17.0. The molecule has 2 N–H and O–H groups in total. The van der Waals surface area contributed by atoms with Gasteiger partial charge in [-0.25, -0.2) is 0 Å². The number of hydrogen-bond acceptors (Lipinski definition) is 8. The molecule has 0 unspecified atom stereocenters. The van der Waals surface area contributed by atoms with Crippen molar-refractivity contribution in [3.63, 3.8) is 0 Å². The number of thioether (sulfide) groups is 1. The number of methoxy groups -OCH3 is 1. The van der Waals surface area contributed by atoms with Crippen molar-refractivity contribution in [3.05, 3.63) is 82.7 Å². The van der Waals surface area contributed by atoms with Crippen LogP contribution in [0.4, 0.5) is 0 Å². The first-order chi connectivity index (χ1) is 15.5. The second kappa shape index (κ2) is 9.44. The van der Waals surface area contributed by atoms with Crippen molar-refractivity contribution < 1.29 is 24.2 Å². The summed E-state index contributed by atoms with van der Waals surface area (Å²) in [6, 6.07) is 15.1. The molecule has 2 aromatic carbocycles. The molecule has 1 amide bonds. The first-order valence-corrected chi connectivity index (χ1v) is 10.4. The molecule has 0 atom stereocenters. The van der Waals surface area contributed by atoms with Gasteiger partial charge in [0.15, 0.2) is 16.7 Å². The van der Waals surface area contributed by atoms with Crippen LogP contribution in [0.15, 0.2) is 80.4 Å². The van der Waals surface area contributed by atoms with Crippen LogP contribution in [-0.2, 0) is 11.3 Å². The summed E-state index contributed by atoms with van der Waals surface area (Å²) in [6.07, 6.45) is 4.65. The molecule has 8 nitrogen and oxygen atoms in total. The molecule has 3 aromatic rings. The van der Waals surface area contributed by atoms with E-state index in [0.717, 1.165) is 11.8 Å². The monoisotopic (exact) mass is 449 g/mol. The van der Waals surface area contributed by atoms with E-state index in [1.54, 1.807) is 54.6 Å². The number of ether oxygens (including phenoxy) is 1. The van der Waals surface area contributed by atoms with Gasteiger partial charge in [-0.05, 0) is 59.8 Å². The molecular weight excluding hydrogens is 430 g/mol. The number of aromatic hydroxyl groups is 2. The van der Waals surface area contributed by atoms with Crippen molar-refractivity contribution in [2.24, 2.45) is 10.2 Å². The molecule has 1 aliphatic rings. The molecule has 162 valence electrons. The molecule has 0 spiro atoms. The van der Waals surface area contributed by atoms with Gasteiger partial charge in [-0.2, -0.15) is 5.10 Å². The molecule has 0 aliphatic carbocycles. The molecule has 1 aromatic heterocycles. The van der Waals surface area contributed by atoms with Gasteiger partial charge in [-0.3, -0.25) is 9.69 Å². The Kier molecular flexibility index (Phi) is 6.27. The fraction of sp³-hybridized carbons (Fsp3) is 0.0870. The largest absolute Gasteiger partial charge is 0.507 e. The van der Waals surface area contributed by atoms with Crippen molar-refractivity contribution in [2.45, 2.75) is 6.54 Å². The molecule has 1 aliphatic heterocycles. The van der Waals surface area contributed by atoms with Crippen molar-refractivity contribution in [1.29, 1.82) is 0 Å². The molecule has 0 saturated carbocycles. The number of amides is 1. The smallest absolute Gasteiger partial charge is 0.267 e. The van der Waals surface area contributed by atoms with Crippen LogP contribution in [0.5, 0.6) is 17.2 Å². The van der Waals surface area contributed by atoms with Crippen molar-refractivity contribution >= 4 is 35.1 Å². The zero-order valence-corrected chi connectivity index (χ0v) is 17.8. The number of benzene rings is 2. The first kappa shape index (κ1) is 21.3. The molecule has 0 radical (unpaired) electrons. The molecule has 32 heavy (non-hydrogen) atoms. The highest BCUT2D eigenvalue weighted by atomic mass is 32.2. The number of furan rings is 1. The maximum atomic E-state index is 13.0. The zero-order chi connectivity index (χ0) is 22.5. The maximum Gasteiger partial charge on any atom is 0.267 e. The van der Waals surface area contributed by atoms with Crippen LogP contribution >= 0.6 is 11.8 Å². The normalized spacial score (nSPS) is 16.5. The van der Waals surface area contributed by atoms with Crippen LogP contribution in [0.25, 0.3) is 6.08 Å². The minimum absolute atomic E-state index is 0.0245. The van der Waals surface area contributed by atoms with Crippen LogP contribution in [0, 0.1) is 0 Å². The summed E-state index contributed by atoms with van der Waals surface area (Å²) in [5.41, 5.74) is 1.20. The highest BCUT2D eigenvalue weighted by Crippen LogP contribution is 2.35. The predicted octanol–water partition coefficient (Wildman–Crippen LogP) is 4.21. The standard InChI is InChI=1S/C23H19N3O5S/c1-30-20-11-15(8-9-19(20)28)13-24-25-23-26(14-17-6-4-10-31-17)22(29)21(32-23)12-16-5-2-3-7-18(16)27/h2-13,27-28H,14H2,1H3/b21-12-,24-13-,25-23+. The molecular formula is C23H19N3O5S. The van der Waals surface area contributed by atoms with Gasteiger partial charge in [0.05, 0.1) is 31.0 Å². The van der Waals surface area contributed by atoms with Crippen LogP contribution < -0.4 is 4.74 Å². The third-order valence-electron chi connectivity index (χ3n) is 4.56. The van der Waals surface area contributed by atoms with E-state index in [0.29, 0.717) is 32.7 Å². The summed E-state index contributed by atoms with van der Waals surface area (Å²) in [5, 5.41) is 28.5. The summed E-state index contributed by atoms with van der Waals surface area (Å²) < 4.78 is 10.5. The van der Waals surface area contributed by atoms with Crippen LogP contribution in [0.2, 0.25) is 0 Å². The summed E-state index contributed by atoms with van der Waals surface area (Å²) in [7, 11) is 1.46.